The lowest BCUT2D eigenvalue weighted by Gasteiger charge is -2.16. The van der Waals surface area contributed by atoms with Crippen molar-refractivity contribution in [1.82, 2.24) is 19.9 Å². The fourth-order valence-corrected chi connectivity index (χ4v) is 2.20. The van der Waals surface area contributed by atoms with E-state index in [1.54, 1.807) is 12.4 Å². The maximum Gasteiger partial charge on any atom is 0.328 e. The third-order valence-corrected chi connectivity index (χ3v) is 3.17. The second-order valence-corrected chi connectivity index (χ2v) is 4.76. The molecule has 2 aromatic rings. The van der Waals surface area contributed by atoms with Crippen molar-refractivity contribution in [3.8, 4) is 11.8 Å². The fraction of sp³-hybridized carbons (Fsp3) is 0.429. The van der Waals surface area contributed by atoms with Gasteiger partial charge in [-0.1, -0.05) is 0 Å². The average Bonchev–Trinajstić information content (AvgIpc) is 3.03. The Kier molecular flexibility index (Phi) is 4.09. The van der Waals surface area contributed by atoms with Crippen LogP contribution in [0.4, 0.5) is 11.9 Å². The van der Waals surface area contributed by atoms with Gasteiger partial charge in [-0.2, -0.15) is 15.0 Å². The normalized spacial score (nSPS) is 14.2. The van der Waals surface area contributed by atoms with E-state index in [0.29, 0.717) is 17.6 Å². The molecule has 0 aromatic carbocycles. The van der Waals surface area contributed by atoms with Crippen LogP contribution in [-0.2, 0) is 0 Å². The highest BCUT2D eigenvalue weighted by Crippen LogP contribution is 2.22. The summed E-state index contributed by atoms with van der Waals surface area (Å²) in [5.41, 5.74) is 0. The number of hydrogen-bond donors (Lipinski definition) is 1. The molecule has 7 nitrogen and oxygen atoms in total. The zero-order valence-corrected chi connectivity index (χ0v) is 12.0. The van der Waals surface area contributed by atoms with Crippen molar-refractivity contribution in [3.63, 3.8) is 0 Å². The summed E-state index contributed by atoms with van der Waals surface area (Å²) in [6, 6.07) is 3.92. The number of rotatable bonds is 5. The van der Waals surface area contributed by atoms with E-state index >= 15 is 0 Å². The molecule has 0 saturated carbocycles. The van der Waals surface area contributed by atoms with Crippen molar-refractivity contribution in [3.05, 3.63) is 24.5 Å². The van der Waals surface area contributed by atoms with E-state index in [2.05, 4.69) is 30.2 Å². The van der Waals surface area contributed by atoms with Gasteiger partial charge in [0.2, 0.25) is 11.9 Å². The summed E-state index contributed by atoms with van der Waals surface area (Å²) in [6.07, 6.45) is 5.66. The molecule has 0 atom stereocenters. The summed E-state index contributed by atoms with van der Waals surface area (Å²) >= 11 is 0. The molecule has 3 rings (SSSR count). The van der Waals surface area contributed by atoms with E-state index in [0.717, 1.165) is 19.6 Å². The van der Waals surface area contributed by atoms with Gasteiger partial charge in [-0.25, -0.2) is 0 Å². The second kappa shape index (κ2) is 6.34. The Morgan fingerprint density at radius 3 is 2.81 bits per heavy atom. The quantitative estimate of drug-likeness (QED) is 0.901. The maximum atomic E-state index is 5.67. The van der Waals surface area contributed by atoms with Crippen molar-refractivity contribution in [2.45, 2.75) is 19.8 Å². The minimum absolute atomic E-state index is 0.288. The lowest BCUT2D eigenvalue weighted by molar-refractivity contribution is 0.438. The topological polar surface area (TPSA) is 76.1 Å². The highest BCUT2D eigenvalue weighted by molar-refractivity contribution is 5.39. The Morgan fingerprint density at radius 2 is 2.10 bits per heavy atom. The van der Waals surface area contributed by atoms with Crippen LogP contribution < -0.4 is 15.0 Å². The average molecular weight is 286 g/mol. The molecule has 2 aromatic heterocycles. The minimum Gasteiger partial charge on any atom is -0.422 e. The molecule has 1 saturated heterocycles. The largest absolute Gasteiger partial charge is 0.422 e. The van der Waals surface area contributed by atoms with Gasteiger partial charge in [-0.05, 0) is 31.9 Å². The van der Waals surface area contributed by atoms with Crippen molar-refractivity contribution in [1.29, 1.82) is 0 Å². The number of anilines is 2. The predicted octanol–water partition coefficient (Wildman–Crippen LogP) is 2.09. The number of aromatic nitrogens is 4. The van der Waals surface area contributed by atoms with Gasteiger partial charge in [0.05, 0.1) is 6.20 Å². The van der Waals surface area contributed by atoms with Crippen molar-refractivity contribution in [2.75, 3.05) is 29.9 Å². The Morgan fingerprint density at radius 1 is 1.24 bits per heavy atom. The predicted molar refractivity (Wildman–Crippen MR) is 79.7 cm³/mol. The van der Waals surface area contributed by atoms with Crippen LogP contribution in [0.25, 0.3) is 0 Å². The summed E-state index contributed by atoms with van der Waals surface area (Å²) in [4.78, 5) is 19.3. The summed E-state index contributed by atoms with van der Waals surface area (Å²) in [5.74, 6) is 1.81. The van der Waals surface area contributed by atoms with E-state index in [1.807, 2.05) is 19.1 Å². The molecule has 7 heteroatoms. The molecule has 0 radical (unpaired) electrons. The number of nitrogens with one attached hydrogen (secondary N) is 1. The van der Waals surface area contributed by atoms with Crippen LogP contribution in [0.3, 0.4) is 0 Å². The third-order valence-electron chi connectivity index (χ3n) is 3.17. The third kappa shape index (κ3) is 3.36. The van der Waals surface area contributed by atoms with E-state index in [9.17, 15) is 0 Å². The zero-order valence-electron chi connectivity index (χ0n) is 12.0. The first kappa shape index (κ1) is 13.5. The molecule has 0 spiro atoms. The Bertz CT molecular complexity index is 585. The lowest BCUT2D eigenvalue weighted by Crippen LogP contribution is -2.21. The van der Waals surface area contributed by atoms with Gasteiger partial charge in [0, 0.05) is 25.8 Å². The Balaban J connectivity index is 1.87. The SMILES string of the molecule is CCNc1nc(Oc2cccnc2)nc(N2CCCC2)n1. The van der Waals surface area contributed by atoms with Crippen LogP contribution in [0.5, 0.6) is 11.8 Å². The fourth-order valence-electron chi connectivity index (χ4n) is 2.20. The molecule has 0 amide bonds. The van der Waals surface area contributed by atoms with Gasteiger partial charge in [-0.3, -0.25) is 4.98 Å². The molecular formula is C14H18N6O. The number of hydrogen-bond acceptors (Lipinski definition) is 7. The molecular weight excluding hydrogens is 268 g/mol. The molecule has 1 aliphatic heterocycles. The van der Waals surface area contributed by atoms with Crippen molar-refractivity contribution >= 4 is 11.9 Å². The molecule has 1 N–H and O–H groups in total. The molecule has 0 bridgehead atoms. The monoisotopic (exact) mass is 286 g/mol. The van der Waals surface area contributed by atoms with Gasteiger partial charge in [0.25, 0.3) is 0 Å². The standard InChI is InChI=1S/C14H18N6O/c1-2-16-12-17-13(20-8-3-4-9-20)19-14(18-12)21-11-6-5-7-15-10-11/h5-7,10H,2-4,8-9H2,1H3,(H,16,17,18,19). The van der Waals surface area contributed by atoms with Crippen LogP contribution in [0.2, 0.25) is 0 Å². The zero-order chi connectivity index (χ0) is 14.5. The second-order valence-electron chi connectivity index (χ2n) is 4.76. The van der Waals surface area contributed by atoms with Crippen LogP contribution in [0.15, 0.2) is 24.5 Å². The number of pyridine rings is 1. The first-order valence-corrected chi connectivity index (χ1v) is 7.18. The number of ether oxygens (including phenoxy) is 1. The number of nitrogens with zero attached hydrogens (tertiary/aromatic N) is 5. The summed E-state index contributed by atoms with van der Waals surface area (Å²) < 4.78 is 5.67. The lowest BCUT2D eigenvalue weighted by atomic mass is 10.4. The summed E-state index contributed by atoms with van der Waals surface area (Å²) in [5, 5.41) is 3.11. The summed E-state index contributed by atoms with van der Waals surface area (Å²) in [6.45, 7) is 4.70. The van der Waals surface area contributed by atoms with Crippen molar-refractivity contribution < 1.29 is 4.74 Å². The van der Waals surface area contributed by atoms with Crippen LogP contribution in [0.1, 0.15) is 19.8 Å². The Labute approximate surface area is 123 Å². The highest BCUT2D eigenvalue weighted by atomic mass is 16.5. The minimum atomic E-state index is 0.288. The van der Waals surface area contributed by atoms with Crippen LogP contribution in [0, 0.1) is 0 Å². The van der Waals surface area contributed by atoms with Gasteiger partial charge in [0.15, 0.2) is 0 Å². The van der Waals surface area contributed by atoms with Gasteiger partial charge in [0.1, 0.15) is 5.75 Å². The van der Waals surface area contributed by atoms with Crippen LogP contribution >= 0.6 is 0 Å². The summed E-state index contributed by atoms with van der Waals surface area (Å²) in [7, 11) is 0. The van der Waals surface area contributed by atoms with Crippen molar-refractivity contribution in [2.24, 2.45) is 0 Å². The molecule has 0 unspecified atom stereocenters. The van der Waals surface area contributed by atoms with E-state index in [1.165, 1.54) is 12.8 Å². The molecule has 0 aliphatic carbocycles. The smallest absolute Gasteiger partial charge is 0.328 e. The van der Waals surface area contributed by atoms with E-state index in [4.69, 9.17) is 4.74 Å². The van der Waals surface area contributed by atoms with Crippen LogP contribution in [-0.4, -0.2) is 39.6 Å². The van der Waals surface area contributed by atoms with E-state index in [-0.39, 0.29) is 6.01 Å². The first-order valence-electron chi connectivity index (χ1n) is 7.18. The molecule has 3 heterocycles. The van der Waals surface area contributed by atoms with E-state index < -0.39 is 0 Å². The van der Waals surface area contributed by atoms with Gasteiger partial charge in [-0.15, -0.1) is 0 Å². The molecule has 21 heavy (non-hydrogen) atoms. The van der Waals surface area contributed by atoms with Gasteiger partial charge < -0.3 is 15.0 Å². The molecule has 1 aliphatic rings. The highest BCUT2D eigenvalue weighted by Gasteiger charge is 2.18. The van der Waals surface area contributed by atoms with Gasteiger partial charge >= 0.3 is 6.01 Å². The Hall–Kier alpha value is -2.44. The maximum absolute atomic E-state index is 5.67. The molecule has 1 fully saturated rings. The molecule has 110 valence electrons. The first-order chi connectivity index (χ1) is 10.3.